The predicted octanol–water partition coefficient (Wildman–Crippen LogP) is 1.11. The van der Waals surface area contributed by atoms with Crippen molar-refractivity contribution in [3.63, 3.8) is 0 Å². The van der Waals surface area contributed by atoms with Gasteiger partial charge in [0.25, 0.3) is 10.0 Å². The number of carbonyl (C=O) groups excluding carboxylic acids is 2. The number of imide groups is 1. The molecular weight excluding hydrogens is 318 g/mol. The molecule has 1 aliphatic heterocycles. The van der Waals surface area contributed by atoms with Gasteiger partial charge in [-0.05, 0) is 32.4 Å². The van der Waals surface area contributed by atoms with Gasteiger partial charge in [-0.15, -0.1) is 0 Å². The van der Waals surface area contributed by atoms with Crippen molar-refractivity contribution in [1.29, 1.82) is 0 Å². The maximum absolute atomic E-state index is 12.7. The summed E-state index contributed by atoms with van der Waals surface area (Å²) in [4.78, 5) is 25.0. The summed E-state index contributed by atoms with van der Waals surface area (Å²) < 4.78 is 29.0. The maximum atomic E-state index is 12.7. The minimum absolute atomic E-state index is 0.176. The third-order valence-corrected chi connectivity index (χ3v) is 5.65. The molecule has 2 rings (SSSR count). The number of carbonyl (C=O) groups is 2. The Bertz CT molecular complexity index is 827. The van der Waals surface area contributed by atoms with E-state index in [4.69, 9.17) is 0 Å². The molecular formula is C15H20N3O4S+. The summed E-state index contributed by atoms with van der Waals surface area (Å²) in [7, 11) is -1.32. The van der Waals surface area contributed by atoms with Gasteiger partial charge in [0, 0.05) is 0 Å². The lowest BCUT2D eigenvalue weighted by Gasteiger charge is -2.24. The van der Waals surface area contributed by atoms with E-state index in [1.54, 1.807) is 19.1 Å². The molecule has 0 fully saturated rings. The van der Waals surface area contributed by atoms with Crippen LogP contribution < -0.4 is 4.72 Å². The number of amides is 3. The Balaban J connectivity index is 2.46. The molecule has 0 spiro atoms. The number of nitrogens with one attached hydrogen (secondary N) is 1. The molecule has 0 saturated heterocycles. The van der Waals surface area contributed by atoms with Crippen LogP contribution in [0, 0.1) is 13.8 Å². The Morgan fingerprint density at radius 2 is 1.78 bits per heavy atom. The lowest BCUT2D eigenvalue weighted by molar-refractivity contribution is -0.405. The maximum Gasteiger partial charge on any atom is 0.500 e. The number of hydrogen-bond acceptors (Lipinski definition) is 4. The number of hydrogen-bond donors (Lipinski definition) is 1. The van der Waals surface area contributed by atoms with Crippen molar-refractivity contribution in [2.24, 2.45) is 0 Å². The van der Waals surface area contributed by atoms with Gasteiger partial charge in [0.15, 0.2) is 0 Å². The van der Waals surface area contributed by atoms with Crippen LogP contribution in [0.1, 0.15) is 18.1 Å². The van der Waals surface area contributed by atoms with Gasteiger partial charge in [0.1, 0.15) is 5.71 Å². The smallest absolute Gasteiger partial charge is 0.282 e. The van der Waals surface area contributed by atoms with Crippen molar-refractivity contribution < 1.29 is 22.6 Å². The summed E-state index contributed by atoms with van der Waals surface area (Å²) in [5.41, 5.74) is 2.35. The summed E-state index contributed by atoms with van der Waals surface area (Å²) >= 11 is 0. The van der Waals surface area contributed by atoms with Crippen LogP contribution >= 0.6 is 0 Å². The highest BCUT2D eigenvalue weighted by Gasteiger charge is 2.50. The quantitative estimate of drug-likeness (QED) is 0.837. The summed E-state index contributed by atoms with van der Waals surface area (Å²) in [5.74, 6) is -0.761. The van der Waals surface area contributed by atoms with E-state index in [2.05, 4.69) is 4.72 Å². The van der Waals surface area contributed by atoms with Crippen LogP contribution in [-0.4, -0.2) is 54.9 Å². The van der Waals surface area contributed by atoms with Gasteiger partial charge in [0.2, 0.25) is 5.25 Å². The van der Waals surface area contributed by atoms with Crippen LogP contribution in [0.25, 0.3) is 0 Å². The molecule has 0 saturated carbocycles. The Morgan fingerprint density at radius 3 is 2.35 bits per heavy atom. The zero-order valence-corrected chi connectivity index (χ0v) is 14.6. The van der Waals surface area contributed by atoms with Crippen LogP contribution in [0.2, 0.25) is 0 Å². The lowest BCUT2D eigenvalue weighted by atomic mass is 10.1. The predicted molar refractivity (Wildman–Crippen MR) is 87.3 cm³/mol. The molecule has 124 valence electrons. The molecule has 1 aromatic rings. The van der Waals surface area contributed by atoms with Crippen molar-refractivity contribution in [1.82, 2.24) is 4.90 Å². The number of nitrogens with zero attached hydrogens (tertiary/aromatic N) is 2. The molecule has 0 bridgehead atoms. The van der Waals surface area contributed by atoms with Crippen LogP contribution in [0.15, 0.2) is 18.2 Å². The molecule has 23 heavy (non-hydrogen) atoms. The molecule has 1 unspecified atom stereocenters. The van der Waals surface area contributed by atoms with E-state index in [0.717, 1.165) is 16.0 Å². The summed E-state index contributed by atoms with van der Waals surface area (Å²) in [5, 5.41) is -1.43. The Morgan fingerprint density at radius 1 is 1.17 bits per heavy atom. The molecule has 1 heterocycles. The van der Waals surface area contributed by atoms with E-state index in [9.17, 15) is 18.0 Å². The number of aryl methyl sites for hydroxylation is 2. The number of anilines is 1. The highest BCUT2D eigenvalue weighted by Crippen LogP contribution is 2.21. The summed E-state index contributed by atoms with van der Waals surface area (Å²) in [6, 6.07) is 4.74. The second-order valence-corrected chi connectivity index (χ2v) is 7.49. The first-order chi connectivity index (χ1) is 10.6. The van der Waals surface area contributed by atoms with Crippen LogP contribution in [0.4, 0.5) is 10.5 Å². The highest BCUT2D eigenvalue weighted by atomic mass is 32.2. The topological polar surface area (TPSA) is 86.6 Å². The molecule has 7 nitrogen and oxygen atoms in total. The van der Waals surface area contributed by atoms with Crippen LogP contribution in [0.5, 0.6) is 0 Å². The molecule has 0 radical (unpaired) electrons. The zero-order valence-electron chi connectivity index (χ0n) is 13.7. The number of benzene rings is 1. The number of rotatable bonds is 3. The van der Waals surface area contributed by atoms with Gasteiger partial charge < -0.3 is 0 Å². The van der Waals surface area contributed by atoms with Crippen molar-refractivity contribution in [3.05, 3.63) is 29.3 Å². The van der Waals surface area contributed by atoms with E-state index in [-0.39, 0.29) is 5.71 Å². The third-order valence-electron chi connectivity index (χ3n) is 3.98. The molecule has 3 amide bonds. The van der Waals surface area contributed by atoms with E-state index >= 15 is 0 Å². The van der Waals surface area contributed by atoms with Gasteiger partial charge in [0.05, 0.1) is 19.8 Å². The fraction of sp³-hybridized carbons (Fsp3) is 0.400. The number of urea groups is 1. The highest BCUT2D eigenvalue weighted by molar-refractivity contribution is 7.94. The standard InChI is InChI=1S/C15H20N3O4S/c1-9-6-7-12(10(2)8-9)16-23(21,22)13-11(3)17(4)15(20)18(5)14(13)19/h6-8,13,16H,1-5H3/q+1. The normalized spacial score (nSPS) is 19.3. The van der Waals surface area contributed by atoms with E-state index < -0.39 is 27.2 Å². The first-order valence-corrected chi connectivity index (χ1v) is 8.58. The third kappa shape index (κ3) is 2.98. The molecule has 1 N–H and O–H groups in total. The van der Waals surface area contributed by atoms with Crippen LogP contribution in [0.3, 0.4) is 0 Å². The second-order valence-electron chi connectivity index (χ2n) is 5.73. The average molecular weight is 338 g/mol. The monoisotopic (exact) mass is 338 g/mol. The Hall–Kier alpha value is -2.22. The molecule has 1 aromatic carbocycles. The Labute approximate surface area is 135 Å². The van der Waals surface area contributed by atoms with Crippen molar-refractivity contribution in [2.75, 3.05) is 18.8 Å². The van der Waals surface area contributed by atoms with Crippen molar-refractivity contribution in [3.8, 4) is 0 Å². The van der Waals surface area contributed by atoms with Gasteiger partial charge >= 0.3 is 11.9 Å². The minimum Gasteiger partial charge on any atom is -0.282 e. The second kappa shape index (κ2) is 5.77. The fourth-order valence-corrected chi connectivity index (χ4v) is 4.18. The molecule has 1 atom stereocenters. The Kier molecular flexibility index (Phi) is 4.30. The van der Waals surface area contributed by atoms with E-state index in [1.807, 2.05) is 13.0 Å². The SMILES string of the molecule is CC1=[N+](C)C(=O)N(C)C(=O)C1S(=O)(=O)Nc1ccc(C)cc1C. The van der Waals surface area contributed by atoms with Crippen molar-refractivity contribution >= 4 is 33.4 Å². The number of sulfonamides is 1. The first kappa shape index (κ1) is 17.1. The van der Waals surface area contributed by atoms with Gasteiger partial charge in [-0.3, -0.25) is 4.72 Å². The van der Waals surface area contributed by atoms with Gasteiger partial charge in [-0.25, -0.2) is 13.2 Å². The zero-order chi connectivity index (χ0) is 17.5. The van der Waals surface area contributed by atoms with Gasteiger partial charge in [-0.2, -0.15) is 14.3 Å². The molecule has 0 aromatic heterocycles. The fourth-order valence-electron chi connectivity index (χ4n) is 2.50. The molecule has 8 heteroatoms. The summed E-state index contributed by atoms with van der Waals surface area (Å²) in [6.07, 6.45) is 0. The lowest BCUT2D eigenvalue weighted by Crippen LogP contribution is -2.57. The summed E-state index contributed by atoms with van der Waals surface area (Å²) in [6.45, 7) is 5.16. The average Bonchev–Trinajstić information content (AvgIpc) is 2.46. The van der Waals surface area contributed by atoms with E-state index in [0.29, 0.717) is 5.69 Å². The largest absolute Gasteiger partial charge is 0.500 e. The van der Waals surface area contributed by atoms with Gasteiger partial charge in [-0.1, -0.05) is 17.7 Å². The molecule has 1 aliphatic rings. The first-order valence-electron chi connectivity index (χ1n) is 7.04. The van der Waals surface area contributed by atoms with E-state index in [1.165, 1.54) is 25.6 Å². The minimum atomic E-state index is -4.03. The van der Waals surface area contributed by atoms with Crippen molar-refractivity contribution in [2.45, 2.75) is 26.0 Å². The van der Waals surface area contributed by atoms with Crippen LogP contribution in [-0.2, 0) is 14.8 Å². The molecule has 0 aliphatic carbocycles.